The van der Waals surface area contributed by atoms with Gasteiger partial charge in [0.05, 0.1) is 15.8 Å². The van der Waals surface area contributed by atoms with E-state index in [1.165, 1.54) is 26.0 Å². The Balaban J connectivity index is 2.55. The van der Waals surface area contributed by atoms with Crippen LogP contribution in [0.25, 0.3) is 0 Å². The lowest BCUT2D eigenvalue weighted by Crippen LogP contribution is -2.33. The van der Waals surface area contributed by atoms with Gasteiger partial charge in [-0.25, -0.2) is 8.42 Å². The fourth-order valence-electron chi connectivity index (χ4n) is 2.18. The number of halogens is 2. The molecule has 1 unspecified atom stereocenters. The van der Waals surface area contributed by atoms with Gasteiger partial charge in [-0.15, -0.1) is 0 Å². The van der Waals surface area contributed by atoms with Crippen LogP contribution in [0.15, 0.2) is 29.8 Å². The Labute approximate surface area is 154 Å². The third-order valence-corrected chi connectivity index (χ3v) is 5.57. The summed E-state index contributed by atoms with van der Waals surface area (Å²) >= 11 is 12.1. The predicted molar refractivity (Wildman–Crippen MR) is 91.3 cm³/mol. The van der Waals surface area contributed by atoms with Gasteiger partial charge in [-0.2, -0.15) is 0 Å². The molecule has 2 rings (SSSR count). The first-order valence-corrected chi connectivity index (χ1v) is 9.54. The van der Waals surface area contributed by atoms with E-state index in [0.29, 0.717) is 0 Å². The van der Waals surface area contributed by atoms with Crippen LogP contribution in [-0.4, -0.2) is 25.9 Å². The normalized spacial score (nSPS) is 20.4. The lowest BCUT2D eigenvalue weighted by atomic mass is 9.91. The van der Waals surface area contributed by atoms with Gasteiger partial charge in [-0.3, -0.25) is 14.3 Å². The van der Waals surface area contributed by atoms with E-state index in [1.807, 2.05) is 0 Å². The number of ketones is 1. The Morgan fingerprint density at radius 3 is 2.56 bits per heavy atom. The Kier molecular flexibility index (Phi) is 5.36. The highest BCUT2D eigenvalue weighted by Gasteiger charge is 2.51. The second-order valence-corrected chi connectivity index (χ2v) is 8.12. The van der Waals surface area contributed by atoms with Crippen molar-refractivity contribution in [2.45, 2.75) is 26.4 Å². The van der Waals surface area contributed by atoms with Crippen molar-refractivity contribution in [3.8, 4) is 0 Å². The zero-order valence-electron chi connectivity index (χ0n) is 13.6. The number of ether oxygens (including phenoxy) is 2. The molecule has 7 nitrogen and oxygen atoms in total. The first kappa shape index (κ1) is 19.6. The maximum Gasteiger partial charge on any atom is 0.308 e. The van der Waals surface area contributed by atoms with Crippen LogP contribution in [0, 0.1) is 0 Å². The van der Waals surface area contributed by atoms with Crippen molar-refractivity contribution < 1.29 is 27.5 Å². The largest absolute Gasteiger partial charge is 0.456 e. The minimum Gasteiger partial charge on any atom is -0.456 e. The van der Waals surface area contributed by atoms with Crippen LogP contribution in [0.1, 0.15) is 26.3 Å². The molecule has 0 fully saturated rings. The van der Waals surface area contributed by atoms with Gasteiger partial charge < -0.3 is 9.47 Å². The molecule has 1 atom stereocenters. The molecule has 1 heterocycles. The SMILES string of the molecule is CCS(=O)(=O)NC1=C(OC(C)=O)C(=O)C(C)(c2cccc(Cl)c2Cl)O1. The van der Waals surface area contributed by atoms with E-state index in [2.05, 4.69) is 4.72 Å². The smallest absolute Gasteiger partial charge is 0.308 e. The van der Waals surface area contributed by atoms with E-state index in [-0.39, 0.29) is 21.4 Å². The fraction of sp³-hybridized carbons (Fsp3) is 0.333. The van der Waals surface area contributed by atoms with Crippen LogP contribution >= 0.6 is 23.2 Å². The number of hydrogen-bond donors (Lipinski definition) is 1. The third-order valence-electron chi connectivity index (χ3n) is 3.49. The average Bonchev–Trinajstić information content (AvgIpc) is 2.74. The monoisotopic (exact) mass is 407 g/mol. The van der Waals surface area contributed by atoms with Gasteiger partial charge in [0.2, 0.25) is 27.3 Å². The van der Waals surface area contributed by atoms with Crippen molar-refractivity contribution >= 4 is 45.0 Å². The van der Waals surface area contributed by atoms with Crippen LogP contribution in [-0.2, 0) is 34.7 Å². The minimum atomic E-state index is -3.78. The molecule has 136 valence electrons. The van der Waals surface area contributed by atoms with Crippen molar-refractivity contribution in [3.63, 3.8) is 0 Å². The summed E-state index contributed by atoms with van der Waals surface area (Å²) in [7, 11) is -3.78. The topological polar surface area (TPSA) is 98.8 Å². The molecule has 0 saturated heterocycles. The molecule has 0 bridgehead atoms. The molecule has 0 amide bonds. The lowest BCUT2D eigenvalue weighted by molar-refractivity contribution is -0.142. The summed E-state index contributed by atoms with van der Waals surface area (Å²) < 4.78 is 36.2. The van der Waals surface area contributed by atoms with Gasteiger partial charge in [0.25, 0.3) is 5.78 Å². The maximum atomic E-state index is 12.8. The molecular formula is C15H15Cl2NO6S. The third kappa shape index (κ3) is 3.75. The molecule has 1 aromatic carbocycles. The number of benzene rings is 1. The Bertz CT molecular complexity index is 880. The summed E-state index contributed by atoms with van der Waals surface area (Å²) in [6, 6.07) is 4.59. The van der Waals surface area contributed by atoms with E-state index in [4.69, 9.17) is 32.7 Å². The average molecular weight is 408 g/mol. The molecule has 1 aliphatic rings. The van der Waals surface area contributed by atoms with Gasteiger partial charge in [0.1, 0.15) is 0 Å². The molecule has 25 heavy (non-hydrogen) atoms. The van der Waals surface area contributed by atoms with E-state index < -0.39 is 39.0 Å². The molecule has 1 N–H and O–H groups in total. The molecule has 0 aromatic heterocycles. The number of sulfonamides is 1. The minimum absolute atomic E-state index is 0.0711. The Morgan fingerprint density at radius 2 is 2.00 bits per heavy atom. The number of esters is 1. The zero-order chi connectivity index (χ0) is 19.0. The van der Waals surface area contributed by atoms with Crippen molar-refractivity contribution in [1.29, 1.82) is 0 Å². The Morgan fingerprint density at radius 1 is 1.36 bits per heavy atom. The molecule has 0 spiro atoms. The standard InChI is InChI=1S/C15H15Cl2NO6S/c1-4-25(21,22)18-14-12(23-8(2)19)13(20)15(3,24-14)9-6-5-7-10(16)11(9)17/h5-7,18H,4H2,1-3H3. The molecule has 0 aliphatic carbocycles. The van der Waals surface area contributed by atoms with Gasteiger partial charge in [0, 0.05) is 12.5 Å². The van der Waals surface area contributed by atoms with Crippen molar-refractivity contribution in [2.75, 3.05) is 5.75 Å². The number of hydrogen-bond acceptors (Lipinski definition) is 6. The van der Waals surface area contributed by atoms with Gasteiger partial charge in [0.15, 0.2) is 0 Å². The Hall–Kier alpha value is -1.77. The molecule has 1 aliphatic heterocycles. The van der Waals surface area contributed by atoms with Crippen molar-refractivity contribution in [3.05, 3.63) is 45.5 Å². The summed E-state index contributed by atoms with van der Waals surface area (Å²) in [5.74, 6) is -2.85. The molecular weight excluding hydrogens is 393 g/mol. The highest BCUT2D eigenvalue weighted by molar-refractivity contribution is 7.89. The molecule has 10 heteroatoms. The summed E-state index contributed by atoms with van der Waals surface area (Å²) in [6.07, 6.45) is 0. The summed E-state index contributed by atoms with van der Waals surface area (Å²) in [5, 5.41) is 0.259. The van der Waals surface area contributed by atoms with E-state index in [0.717, 1.165) is 6.92 Å². The first-order valence-electron chi connectivity index (χ1n) is 7.13. The second-order valence-electron chi connectivity index (χ2n) is 5.32. The number of carbonyl (C=O) groups excluding carboxylic acids is 2. The van der Waals surface area contributed by atoms with Crippen LogP contribution in [0.4, 0.5) is 0 Å². The lowest BCUT2D eigenvalue weighted by Gasteiger charge is -2.25. The van der Waals surface area contributed by atoms with E-state index in [1.54, 1.807) is 6.07 Å². The van der Waals surface area contributed by atoms with E-state index >= 15 is 0 Å². The molecule has 0 saturated carbocycles. The number of nitrogens with one attached hydrogen (secondary N) is 1. The van der Waals surface area contributed by atoms with Crippen molar-refractivity contribution in [1.82, 2.24) is 4.72 Å². The van der Waals surface area contributed by atoms with Gasteiger partial charge in [-0.1, -0.05) is 35.3 Å². The van der Waals surface area contributed by atoms with Gasteiger partial charge in [-0.05, 0) is 19.9 Å². The summed E-state index contributed by atoms with van der Waals surface area (Å²) in [6.45, 7) is 3.86. The van der Waals surface area contributed by atoms with Crippen LogP contribution < -0.4 is 4.72 Å². The fourth-order valence-corrected chi connectivity index (χ4v) is 3.23. The maximum absolute atomic E-state index is 12.8. The predicted octanol–water partition coefficient (Wildman–Crippen LogP) is 2.48. The second kappa shape index (κ2) is 6.86. The van der Waals surface area contributed by atoms with Crippen LogP contribution in [0.2, 0.25) is 10.0 Å². The molecule has 0 radical (unpaired) electrons. The summed E-state index contributed by atoms with van der Waals surface area (Å²) in [5.41, 5.74) is -1.50. The van der Waals surface area contributed by atoms with Crippen LogP contribution in [0.5, 0.6) is 0 Å². The van der Waals surface area contributed by atoms with E-state index in [9.17, 15) is 18.0 Å². The highest BCUT2D eigenvalue weighted by Crippen LogP contribution is 2.43. The number of rotatable bonds is 5. The first-order chi connectivity index (χ1) is 11.5. The summed E-state index contributed by atoms with van der Waals surface area (Å²) in [4.78, 5) is 24.1. The number of Topliss-reactive ketones (excluding diaryl/α,β-unsaturated/α-hetero) is 1. The molecule has 1 aromatic rings. The highest BCUT2D eigenvalue weighted by atomic mass is 35.5. The zero-order valence-corrected chi connectivity index (χ0v) is 15.9. The number of carbonyl (C=O) groups is 2. The van der Waals surface area contributed by atoms with Gasteiger partial charge >= 0.3 is 5.97 Å². The van der Waals surface area contributed by atoms with Crippen LogP contribution in [0.3, 0.4) is 0 Å². The quantitative estimate of drug-likeness (QED) is 0.752. The van der Waals surface area contributed by atoms with Crippen molar-refractivity contribution in [2.24, 2.45) is 0 Å².